The number of fused-ring (bicyclic) bond motifs is 1. The number of thioether (sulfide) groups is 1. The number of rotatable bonds is 3. The predicted molar refractivity (Wildman–Crippen MR) is 103 cm³/mol. The molecular weight excluding hydrogens is 345 g/mol. The summed E-state index contributed by atoms with van der Waals surface area (Å²) in [6.45, 7) is 2.01. The first-order valence-electron chi connectivity index (χ1n) is 7.18. The van der Waals surface area contributed by atoms with Gasteiger partial charge < -0.3 is 5.73 Å². The number of halogens is 2. The second kappa shape index (κ2) is 8.13. The van der Waals surface area contributed by atoms with Crippen molar-refractivity contribution in [1.29, 1.82) is 0 Å². The van der Waals surface area contributed by atoms with Crippen molar-refractivity contribution < 1.29 is 4.39 Å². The van der Waals surface area contributed by atoms with Gasteiger partial charge in [-0.2, -0.15) is 0 Å². The molecule has 0 saturated carbocycles. The number of aromatic nitrogens is 1. The Bertz CT molecular complexity index is 883. The molecule has 3 nitrogen and oxygen atoms in total. The number of nitrogens with two attached hydrogens (primary N) is 1. The van der Waals surface area contributed by atoms with E-state index < -0.39 is 0 Å². The zero-order valence-electron chi connectivity index (χ0n) is 13.1. The van der Waals surface area contributed by atoms with Crippen LogP contribution in [0, 0.1) is 12.7 Å². The molecule has 124 valence electrons. The minimum absolute atomic E-state index is 0. The van der Waals surface area contributed by atoms with Gasteiger partial charge in [0.25, 0.3) is 0 Å². The van der Waals surface area contributed by atoms with Gasteiger partial charge in [0.2, 0.25) is 0 Å². The van der Waals surface area contributed by atoms with E-state index in [1.54, 1.807) is 12.3 Å². The normalized spacial score (nSPS) is 11.3. The van der Waals surface area contributed by atoms with Gasteiger partial charge in [-0.3, -0.25) is 4.98 Å². The summed E-state index contributed by atoms with van der Waals surface area (Å²) >= 11 is 1.37. The molecular formula is C18H17ClFN3S. The van der Waals surface area contributed by atoms with Crippen LogP contribution in [0.1, 0.15) is 11.1 Å². The van der Waals surface area contributed by atoms with E-state index in [4.69, 9.17) is 5.73 Å². The molecule has 3 rings (SSSR count). The fourth-order valence-corrected chi connectivity index (χ4v) is 3.04. The first-order chi connectivity index (χ1) is 11.1. The van der Waals surface area contributed by atoms with Gasteiger partial charge in [-0.1, -0.05) is 30.0 Å². The maximum absolute atomic E-state index is 13.7. The molecule has 3 aromatic rings. The van der Waals surface area contributed by atoms with Crippen molar-refractivity contribution in [3.63, 3.8) is 0 Å². The molecule has 0 radical (unpaired) electrons. The van der Waals surface area contributed by atoms with Crippen molar-refractivity contribution in [2.75, 3.05) is 0 Å². The summed E-state index contributed by atoms with van der Waals surface area (Å²) in [5.41, 5.74) is 9.54. The minimum atomic E-state index is -0.268. The number of hydrogen-bond acceptors (Lipinski definition) is 3. The summed E-state index contributed by atoms with van der Waals surface area (Å²) in [7, 11) is 0. The second-order valence-corrected chi connectivity index (χ2v) is 6.21. The van der Waals surface area contributed by atoms with Gasteiger partial charge in [-0.25, -0.2) is 9.38 Å². The minimum Gasteiger partial charge on any atom is -0.378 e. The quantitative estimate of drug-likeness (QED) is 0.528. The molecule has 2 N–H and O–H groups in total. The topological polar surface area (TPSA) is 51.3 Å². The largest absolute Gasteiger partial charge is 0.378 e. The smallest absolute Gasteiger partial charge is 0.159 e. The van der Waals surface area contributed by atoms with Crippen LogP contribution in [0.15, 0.2) is 59.7 Å². The third kappa shape index (κ3) is 4.46. The highest BCUT2D eigenvalue weighted by Crippen LogP contribution is 2.23. The van der Waals surface area contributed by atoms with Gasteiger partial charge in [0, 0.05) is 17.3 Å². The van der Waals surface area contributed by atoms with E-state index >= 15 is 0 Å². The maximum atomic E-state index is 13.7. The third-order valence-electron chi connectivity index (χ3n) is 3.37. The Morgan fingerprint density at radius 3 is 2.83 bits per heavy atom. The number of benzene rings is 2. The van der Waals surface area contributed by atoms with Crippen LogP contribution in [0.3, 0.4) is 0 Å². The maximum Gasteiger partial charge on any atom is 0.159 e. The Morgan fingerprint density at radius 2 is 2.04 bits per heavy atom. The van der Waals surface area contributed by atoms with Crippen LogP contribution < -0.4 is 5.73 Å². The molecule has 0 atom stereocenters. The number of aliphatic imine (C=N–C) groups is 1. The molecule has 6 heteroatoms. The monoisotopic (exact) mass is 361 g/mol. The van der Waals surface area contributed by atoms with Gasteiger partial charge in [0.15, 0.2) is 5.17 Å². The Balaban J connectivity index is 0.00000208. The molecule has 0 aliphatic rings. The predicted octanol–water partition coefficient (Wildman–Crippen LogP) is 4.98. The van der Waals surface area contributed by atoms with Gasteiger partial charge in [0.1, 0.15) is 5.82 Å². The molecule has 0 amide bonds. The third-order valence-corrected chi connectivity index (χ3v) is 4.21. The Hall–Kier alpha value is -2.11. The molecule has 1 heterocycles. The first-order valence-corrected chi connectivity index (χ1v) is 8.17. The molecule has 0 aliphatic carbocycles. The van der Waals surface area contributed by atoms with Gasteiger partial charge in [0.05, 0.1) is 11.2 Å². The van der Waals surface area contributed by atoms with E-state index in [1.165, 1.54) is 23.9 Å². The standard InChI is InChI=1S/C18H16FN3S.ClH/c1-12-4-2-6-16(8-12)22-18(20)23-11-14-10-15(19)9-13-5-3-7-21-17(13)14;/h2-10H,11H2,1H3,(H2,20,22);1H. The van der Waals surface area contributed by atoms with E-state index in [9.17, 15) is 4.39 Å². The van der Waals surface area contributed by atoms with E-state index in [1.807, 2.05) is 37.3 Å². The van der Waals surface area contributed by atoms with Crippen LogP contribution in [0.4, 0.5) is 10.1 Å². The van der Waals surface area contributed by atoms with Crippen molar-refractivity contribution in [1.82, 2.24) is 4.98 Å². The molecule has 0 fully saturated rings. The number of hydrogen-bond donors (Lipinski definition) is 1. The highest BCUT2D eigenvalue weighted by atomic mass is 35.5. The van der Waals surface area contributed by atoms with Crippen molar-refractivity contribution >= 4 is 45.9 Å². The Morgan fingerprint density at radius 1 is 1.21 bits per heavy atom. The molecule has 1 aromatic heterocycles. The molecule has 0 spiro atoms. The van der Waals surface area contributed by atoms with Crippen LogP contribution in [0.25, 0.3) is 10.9 Å². The summed E-state index contributed by atoms with van der Waals surface area (Å²) < 4.78 is 13.7. The van der Waals surface area contributed by atoms with Crippen LogP contribution in [-0.4, -0.2) is 10.2 Å². The number of nitrogens with zero attached hydrogens (tertiary/aromatic N) is 2. The molecule has 2 aromatic carbocycles. The van der Waals surface area contributed by atoms with Crippen LogP contribution in [0.5, 0.6) is 0 Å². The molecule has 24 heavy (non-hydrogen) atoms. The van der Waals surface area contributed by atoms with Crippen molar-refractivity contribution in [2.24, 2.45) is 10.7 Å². The van der Waals surface area contributed by atoms with Crippen LogP contribution in [0.2, 0.25) is 0 Å². The van der Waals surface area contributed by atoms with Crippen LogP contribution in [-0.2, 0) is 5.75 Å². The van der Waals surface area contributed by atoms with E-state index in [0.717, 1.165) is 27.7 Å². The van der Waals surface area contributed by atoms with E-state index in [2.05, 4.69) is 9.98 Å². The zero-order chi connectivity index (χ0) is 16.2. The molecule has 0 aliphatic heterocycles. The lowest BCUT2D eigenvalue weighted by atomic mass is 10.1. The highest BCUT2D eigenvalue weighted by molar-refractivity contribution is 8.13. The lowest BCUT2D eigenvalue weighted by molar-refractivity contribution is 0.628. The van der Waals surface area contributed by atoms with Crippen molar-refractivity contribution in [3.8, 4) is 0 Å². The number of aryl methyl sites for hydroxylation is 1. The van der Waals surface area contributed by atoms with E-state index in [-0.39, 0.29) is 18.2 Å². The summed E-state index contributed by atoms with van der Waals surface area (Å²) in [4.78, 5) is 8.72. The summed E-state index contributed by atoms with van der Waals surface area (Å²) in [5.74, 6) is 0.252. The van der Waals surface area contributed by atoms with Crippen molar-refractivity contribution in [3.05, 3.63) is 71.7 Å². The molecule has 0 bridgehead atoms. The number of pyridine rings is 1. The highest BCUT2D eigenvalue weighted by Gasteiger charge is 2.07. The SMILES string of the molecule is Cc1cccc(N=C(N)SCc2cc(F)cc3cccnc23)c1.Cl. The molecule has 0 unspecified atom stereocenters. The van der Waals surface area contributed by atoms with Gasteiger partial charge in [-0.05, 0) is 48.4 Å². The van der Waals surface area contributed by atoms with E-state index in [0.29, 0.717) is 10.9 Å². The lowest BCUT2D eigenvalue weighted by Gasteiger charge is -2.06. The summed E-state index contributed by atoms with van der Waals surface area (Å²) in [5, 5.41) is 1.24. The Labute approximate surface area is 150 Å². The zero-order valence-corrected chi connectivity index (χ0v) is 14.7. The van der Waals surface area contributed by atoms with Gasteiger partial charge in [-0.15, -0.1) is 12.4 Å². The van der Waals surface area contributed by atoms with Crippen LogP contribution >= 0.6 is 24.2 Å². The summed E-state index contributed by atoms with van der Waals surface area (Å²) in [6.07, 6.45) is 1.71. The Kier molecular flexibility index (Phi) is 6.17. The average molecular weight is 362 g/mol. The first kappa shape index (κ1) is 18.2. The fraction of sp³-hybridized carbons (Fsp3) is 0.111. The lowest BCUT2D eigenvalue weighted by Crippen LogP contribution is -2.06. The average Bonchev–Trinajstić information content (AvgIpc) is 2.52. The number of amidine groups is 1. The van der Waals surface area contributed by atoms with Crippen molar-refractivity contribution in [2.45, 2.75) is 12.7 Å². The van der Waals surface area contributed by atoms with Gasteiger partial charge >= 0.3 is 0 Å². The molecule has 0 saturated heterocycles. The summed E-state index contributed by atoms with van der Waals surface area (Å²) in [6, 6.07) is 14.5. The fourth-order valence-electron chi connectivity index (χ4n) is 2.35. The second-order valence-electron chi connectivity index (χ2n) is 5.22.